The fourth-order valence-electron chi connectivity index (χ4n) is 1.90. The molecule has 98 valence electrons. The molecule has 19 heavy (non-hydrogen) atoms. The van der Waals surface area contributed by atoms with E-state index in [1.807, 2.05) is 29.7 Å². The van der Waals surface area contributed by atoms with Gasteiger partial charge in [-0.15, -0.1) is 6.42 Å². The number of rotatable bonds is 3. The predicted molar refractivity (Wildman–Crippen MR) is 79.9 cm³/mol. The van der Waals surface area contributed by atoms with Crippen molar-refractivity contribution in [3.63, 3.8) is 0 Å². The molecule has 1 aromatic carbocycles. The van der Waals surface area contributed by atoms with Crippen molar-refractivity contribution < 1.29 is 4.74 Å². The molecule has 0 atom stereocenters. The first-order valence-electron chi connectivity index (χ1n) is 5.68. The van der Waals surface area contributed by atoms with Crippen LogP contribution in [0.5, 0.6) is 5.75 Å². The molecule has 0 unspecified atom stereocenters. The maximum atomic E-state index is 6.10. The van der Waals surface area contributed by atoms with E-state index in [4.69, 9.17) is 16.9 Å². The van der Waals surface area contributed by atoms with Crippen LogP contribution >= 0.6 is 15.9 Å². The first-order valence-corrected chi connectivity index (χ1v) is 6.47. The summed E-state index contributed by atoms with van der Waals surface area (Å²) in [4.78, 5) is 4.48. The van der Waals surface area contributed by atoms with E-state index in [-0.39, 0.29) is 0 Å². The Morgan fingerprint density at radius 1 is 1.53 bits per heavy atom. The number of anilines is 1. The molecule has 2 rings (SSSR count). The third-order valence-electron chi connectivity index (χ3n) is 2.87. The molecule has 0 radical (unpaired) electrons. The molecule has 0 amide bonds. The van der Waals surface area contributed by atoms with Gasteiger partial charge in [-0.3, -0.25) is 0 Å². The lowest BCUT2D eigenvalue weighted by molar-refractivity contribution is 0.412. The molecule has 4 nitrogen and oxygen atoms in total. The van der Waals surface area contributed by atoms with Crippen molar-refractivity contribution in [2.75, 3.05) is 12.8 Å². The van der Waals surface area contributed by atoms with Gasteiger partial charge >= 0.3 is 0 Å². The van der Waals surface area contributed by atoms with E-state index in [1.165, 1.54) is 0 Å². The molecule has 1 aromatic heterocycles. The Hall–Kier alpha value is -1.93. The van der Waals surface area contributed by atoms with Crippen LogP contribution in [0.25, 0.3) is 11.3 Å². The molecule has 0 bridgehead atoms. The van der Waals surface area contributed by atoms with Crippen molar-refractivity contribution in [2.45, 2.75) is 13.5 Å². The highest BCUT2D eigenvalue weighted by Gasteiger charge is 2.14. The lowest BCUT2D eigenvalue weighted by Gasteiger charge is -2.06. The fraction of sp³-hybridized carbons (Fsp3) is 0.214. The number of aromatic nitrogens is 2. The highest BCUT2D eigenvalue weighted by atomic mass is 79.9. The molecular weight excluding hydrogens is 306 g/mol. The largest absolute Gasteiger partial charge is 0.496 e. The van der Waals surface area contributed by atoms with E-state index in [9.17, 15) is 0 Å². The van der Waals surface area contributed by atoms with Crippen LogP contribution in [0.3, 0.4) is 0 Å². The average molecular weight is 320 g/mol. The third kappa shape index (κ3) is 2.45. The van der Waals surface area contributed by atoms with Crippen LogP contribution in [0.1, 0.15) is 5.82 Å². The summed E-state index contributed by atoms with van der Waals surface area (Å²) in [7, 11) is 1.62. The Morgan fingerprint density at radius 3 is 2.84 bits per heavy atom. The van der Waals surface area contributed by atoms with E-state index in [1.54, 1.807) is 7.11 Å². The maximum Gasteiger partial charge on any atom is 0.133 e. The predicted octanol–water partition coefficient (Wildman–Crippen LogP) is 2.85. The average Bonchev–Trinajstić information content (AvgIpc) is 2.67. The quantitative estimate of drug-likeness (QED) is 0.885. The number of hydrogen-bond donors (Lipinski definition) is 1. The van der Waals surface area contributed by atoms with E-state index in [0.29, 0.717) is 12.4 Å². The van der Waals surface area contributed by atoms with Crippen LogP contribution < -0.4 is 10.5 Å². The van der Waals surface area contributed by atoms with Gasteiger partial charge in [-0.25, -0.2) is 4.98 Å². The number of imidazole rings is 1. The number of nitrogens with zero attached hydrogens (tertiary/aromatic N) is 2. The summed E-state index contributed by atoms with van der Waals surface area (Å²) in [5.74, 6) is 4.72. The molecule has 0 aliphatic carbocycles. The third-order valence-corrected chi connectivity index (χ3v) is 3.49. The number of terminal acetylenes is 1. The summed E-state index contributed by atoms with van der Waals surface area (Å²) in [5, 5.41) is 0. The minimum atomic E-state index is 0.419. The first kappa shape index (κ1) is 13.5. The second kappa shape index (κ2) is 5.37. The molecule has 0 spiro atoms. The molecule has 5 heteroatoms. The van der Waals surface area contributed by atoms with Crippen molar-refractivity contribution >= 4 is 21.7 Å². The van der Waals surface area contributed by atoms with Crippen LogP contribution in [0.2, 0.25) is 0 Å². The molecule has 0 aliphatic heterocycles. The molecule has 2 N–H and O–H groups in total. The molecule has 0 saturated heterocycles. The summed E-state index contributed by atoms with van der Waals surface area (Å²) in [6, 6.07) is 5.72. The van der Waals surface area contributed by atoms with Gasteiger partial charge in [-0.2, -0.15) is 0 Å². The van der Waals surface area contributed by atoms with E-state index < -0.39 is 0 Å². The van der Waals surface area contributed by atoms with Crippen LogP contribution in [0.4, 0.5) is 5.82 Å². The number of halogens is 1. The number of hydrogen-bond acceptors (Lipinski definition) is 3. The van der Waals surface area contributed by atoms with E-state index in [2.05, 4.69) is 26.8 Å². The molecule has 1 heterocycles. The van der Waals surface area contributed by atoms with E-state index >= 15 is 0 Å². The van der Waals surface area contributed by atoms with Crippen LogP contribution in [-0.4, -0.2) is 16.7 Å². The monoisotopic (exact) mass is 319 g/mol. The van der Waals surface area contributed by atoms with Gasteiger partial charge in [-0.05, 0) is 41.1 Å². The topological polar surface area (TPSA) is 53.1 Å². The van der Waals surface area contributed by atoms with Crippen molar-refractivity contribution in [2.24, 2.45) is 0 Å². The summed E-state index contributed by atoms with van der Waals surface area (Å²) < 4.78 is 7.87. The standard InChI is InChI=1S/C14H14BrN3O/c1-4-7-18-9(2)17-13(14(18)16)10-5-6-12(19-3)11(15)8-10/h1,5-6,8H,7,16H2,2-3H3. The normalized spacial score (nSPS) is 10.2. The van der Waals surface area contributed by atoms with Gasteiger partial charge in [-0.1, -0.05) is 5.92 Å². The summed E-state index contributed by atoms with van der Waals surface area (Å²) in [6.07, 6.45) is 5.33. The first-order chi connectivity index (χ1) is 9.08. The molecule has 2 aromatic rings. The van der Waals surface area contributed by atoms with Crippen LogP contribution in [0.15, 0.2) is 22.7 Å². The number of nitrogen functional groups attached to an aromatic ring is 1. The lowest BCUT2D eigenvalue weighted by atomic mass is 10.1. The van der Waals surface area contributed by atoms with Gasteiger partial charge in [0.25, 0.3) is 0 Å². The van der Waals surface area contributed by atoms with Gasteiger partial charge in [0.2, 0.25) is 0 Å². The Kier molecular flexibility index (Phi) is 3.82. The van der Waals surface area contributed by atoms with Crippen molar-refractivity contribution in [1.29, 1.82) is 0 Å². The van der Waals surface area contributed by atoms with Crippen LogP contribution in [-0.2, 0) is 6.54 Å². The molecule has 0 fully saturated rings. The second-order valence-electron chi connectivity index (χ2n) is 4.03. The maximum absolute atomic E-state index is 6.10. The Morgan fingerprint density at radius 2 is 2.26 bits per heavy atom. The SMILES string of the molecule is C#CCn1c(C)nc(-c2ccc(OC)c(Br)c2)c1N. The van der Waals surface area contributed by atoms with Crippen molar-refractivity contribution in [1.82, 2.24) is 9.55 Å². The number of nitrogens with two attached hydrogens (primary N) is 1. The summed E-state index contributed by atoms with van der Waals surface area (Å²) in [5.41, 5.74) is 7.75. The highest BCUT2D eigenvalue weighted by molar-refractivity contribution is 9.10. The fourth-order valence-corrected chi connectivity index (χ4v) is 2.44. The Balaban J connectivity index is 2.51. The zero-order valence-electron chi connectivity index (χ0n) is 10.8. The smallest absolute Gasteiger partial charge is 0.133 e. The summed E-state index contributed by atoms with van der Waals surface area (Å²) in [6.45, 7) is 2.30. The van der Waals surface area contributed by atoms with E-state index in [0.717, 1.165) is 27.3 Å². The van der Waals surface area contributed by atoms with Crippen molar-refractivity contribution in [3.05, 3.63) is 28.5 Å². The Labute approximate surface area is 120 Å². The zero-order chi connectivity index (χ0) is 14.0. The van der Waals surface area contributed by atoms with Gasteiger partial charge in [0, 0.05) is 5.56 Å². The molecule has 0 aliphatic rings. The van der Waals surface area contributed by atoms with Gasteiger partial charge in [0.15, 0.2) is 0 Å². The Bertz CT molecular complexity index is 655. The lowest BCUT2D eigenvalue weighted by Crippen LogP contribution is -2.03. The highest BCUT2D eigenvalue weighted by Crippen LogP contribution is 2.32. The number of ether oxygens (including phenoxy) is 1. The number of benzene rings is 1. The molecular formula is C14H14BrN3O. The molecule has 0 saturated carbocycles. The van der Waals surface area contributed by atoms with Crippen LogP contribution in [0, 0.1) is 19.3 Å². The zero-order valence-corrected chi connectivity index (χ0v) is 12.4. The second-order valence-corrected chi connectivity index (χ2v) is 4.89. The van der Waals surface area contributed by atoms with Crippen molar-refractivity contribution in [3.8, 4) is 29.4 Å². The number of aryl methyl sites for hydroxylation is 1. The van der Waals surface area contributed by atoms with Gasteiger partial charge < -0.3 is 15.0 Å². The minimum absolute atomic E-state index is 0.419. The van der Waals surface area contributed by atoms with Gasteiger partial charge in [0.05, 0.1) is 18.1 Å². The van der Waals surface area contributed by atoms with Gasteiger partial charge in [0.1, 0.15) is 23.1 Å². The number of methoxy groups -OCH3 is 1. The minimum Gasteiger partial charge on any atom is -0.496 e. The summed E-state index contributed by atoms with van der Waals surface area (Å²) >= 11 is 3.45.